The van der Waals surface area contributed by atoms with Crippen molar-refractivity contribution >= 4 is 0 Å². The van der Waals surface area contributed by atoms with Gasteiger partial charge < -0.3 is 10.3 Å². The SMILES string of the molecule is NCC#Cc1ccc(Cn2cnc3c2CCCC3)cc1. The Hall–Kier alpha value is -2.05. The molecule has 0 saturated carbocycles. The number of nitrogens with two attached hydrogens (primary N) is 1. The fourth-order valence-electron chi connectivity index (χ4n) is 2.71. The number of benzene rings is 1. The zero-order valence-electron chi connectivity index (χ0n) is 11.6. The average Bonchev–Trinajstić information content (AvgIpc) is 2.90. The van der Waals surface area contributed by atoms with Crippen molar-refractivity contribution in [3.8, 4) is 11.8 Å². The van der Waals surface area contributed by atoms with E-state index in [2.05, 4.69) is 45.7 Å². The van der Waals surface area contributed by atoms with Gasteiger partial charge in [-0.1, -0.05) is 24.0 Å². The van der Waals surface area contributed by atoms with Crippen LogP contribution >= 0.6 is 0 Å². The topological polar surface area (TPSA) is 43.8 Å². The minimum atomic E-state index is 0.406. The molecule has 20 heavy (non-hydrogen) atoms. The van der Waals surface area contributed by atoms with E-state index in [1.54, 1.807) is 0 Å². The summed E-state index contributed by atoms with van der Waals surface area (Å²) in [5, 5.41) is 0. The largest absolute Gasteiger partial charge is 0.330 e. The number of aryl methyl sites for hydroxylation is 1. The second-order valence-electron chi connectivity index (χ2n) is 5.18. The molecule has 1 heterocycles. The van der Waals surface area contributed by atoms with Gasteiger partial charge in [0.15, 0.2) is 0 Å². The molecule has 3 nitrogen and oxygen atoms in total. The van der Waals surface area contributed by atoms with Gasteiger partial charge in [0, 0.05) is 17.8 Å². The maximum Gasteiger partial charge on any atom is 0.0954 e. The van der Waals surface area contributed by atoms with E-state index < -0.39 is 0 Å². The predicted octanol–water partition coefficient (Wildman–Crippen LogP) is 2.12. The van der Waals surface area contributed by atoms with E-state index in [1.165, 1.54) is 29.8 Å². The van der Waals surface area contributed by atoms with Gasteiger partial charge in [0.25, 0.3) is 0 Å². The van der Waals surface area contributed by atoms with Crippen LogP contribution in [0.3, 0.4) is 0 Å². The van der Waals surface area contributed by atoms with Crippen molar-refractivity contribution in [3.05, 3.63) is 53.1 Å². The standard InChI is InChI=1S/C17H19N3/c18-11-3-4-14-7-9-15(10-8-14)12-20-13-19-16-5-1-2-6-17(16)20/h7-10,13H,1-2,5-6,11-12,18H2. The summed E-state index contributed by atoms with van der Waals surface area (Å²) < 4.78 is 2.29. The molecule has 0 radical (unpaired) electrons. The number of rotatable bonds is 2. The lowest BCUT2D eigenvalue weighted by Gasteiger charge is -2.14. The van der Waals surface area contributed by atoms with Crippen LogP contribution in [0.15, 0.2) is 30.6 Å². The number of fused-ring (bicyclic) bond motifs is 1. The van der Waals surface area contributed by atoms with Crippen LogP contribution in [0.4, 0.5) is 0 Å². The third-order valence-corrected chi connectivity index (χ3v) is 3.75. The van der Waals surface area contributed by atoms with E-state index in [9.17, 15) is 0 Å². The summed E-state index contributed by atoms with van der Waals surface area (Å²) in [7, 11) is 0. The molecule has 0 unspecified atom stereocenters. The van der Waals surface area contributed by atoms with Crippen LogP contribution < -0.4 is 5.73 Å². The van der Waals surface area contributed by atoms with Crippen molar-refractivity contribution in [1.29, 1.82) is 0 Å². The van der Waals surface area contributed by atoms with E-state index in [0.717, 1.165) is 24.9 Å². The summed E-state index contributed by atoms with van der Waals surface area (Å²) in [4.78, 5) is 4.54. The van der Waals surface area contributed by atoms with Gasteiger partial charge in [0.05, 0.1) is 18.6 Å². The molecule has 1 aromatic carbocycles. The Labute approximate surface area is 119 Å². The first-order chi connectivity index (χ1) is 9.86. The lowest BCUT2D eigenvalue weighted by atomic mass is 10.0. The van der Waals surface area contributed by atoms with Crippen LogP contribution in [0, 0.1) is 11.8 Å². The predicted molar refractivity (Wildman–Crippen MR) is 80.3 cm³/mol. The highest BCUT2D eigenvalue weighted by Crippen LogP contribution is 2.20. The van der Waals surface area contributed by atoms with Gasteiger partial charge in [-0.05, 0) is 43.4 Å². The van der Waals surface area contributed by atoms with Crippen LogP contribution in [-0.4, -0.2) is 16.1 Å². The van der Waals surface area contributed by atoms with E-state index in [-0.39, 0.29) is 0 Å². The fourth-order valence-corrected chi connectivity index (χ4v) is 2.71. The highest BCUT2D eigenvalue weighted by Gasteiger charge is 2.14. The van der Waals surface area contributed by atoms with Gasteiger partial charge in [-0.2, -0.15) is 0 Å². The first-order valence-electron chi connectivity index (χ1n) is 7.17. The molecule has 0 amide bonds. The van der Waals surface area contributed by atoms with Gasteiger partial charge in [0.2, 0.25) is 0 Å². The molecule has 0 saturated heterocycles. The summed E-state index contributed by atoms with van der Waals surface area (Å²) in [6, 6.07) is 8.38. The Morgan fingerprint density at radius 1 is 1.15 bits per heavy atom. The summed E-state index contributed by atoms with van der Waals surface area (Å²) in [5.74, 6) is 5.92. The molecule has 2 aromatic rings. The average molecular weight is 265 g/mol. The molecule has 2 N–H and O–H groups in total. The molecule has 0 fully saturated rings. The second kappa shape index (κ2) is 5.94. The lowest BCUT2D eigenvalue weighted by molar-refractivity contribution is 0.628. The third-order valence-electron chi connectivity index (χ3n) is 3.75. The zero-order valence-corrected chi connectivity index (χ0v) is 11.6. The molecule has 102 valence electrons. The summed E-state index contributed by atoms with van der Waals surface area (Å²) in [6.07, 6.45) is 6.84. The number of hydrogen-bond donors (Lipinski definition) is 1. The van der Waals surface area contributed by atoms with Crippen molar-refractivity contribution in [1.82, 2.24) is 9.55 Å². The van der Waals surface area contributed by atoms with Crippen LogP contribution in [0.1, 0.15) is 35.4 Å². The minimum absolute atomic E-state index is 0.406. The van der Waals surface area contributed by atoms with E-state index >= 15 is 0 Å². The Morgan fingerprint density at radius 3 is 2.75 bits per heavy atom. The van der Waals surface area contributed by atoms with E-state index in [1.807, 2.05) is 6.33 Å². The van der Waals surface area contributed by atoms with Crippen molar-refractivity contribution < 1.29 is 0 Å². The Kier molecular flexibility index (Phi) is 3.85. The van der Waals surface area contributed by atoms with Gasteiger partial charge >= 0.3 is 0 Å². The summed E-state index contributed by atoms with van der Waals surface area (Å²) >= 11 is 0. The highest BCUT2D eigenvalue weighted by molar-refractivity contribution is 5.36. The molecular weight excluding hydrogens is 246 g/mol. The number of hydrogen-bond acceptors (Lipinski definition) is 2. The zero-order chi connectivity index (χ0) is 13.8. The van der Waals surface area contributed by atoms with Crippen molar-refractivity contribution in [2.24, 2.45) is 5.73 Å². The molecule has 3 heteroatoms. The Bertz CT molecular complexity index is 641. The molecule has 1 aliphatic rings. The van der Waals surface area contributed by atoms with Crippen molar-refractivity contribution in [2.75, 3.05) is 6.54 Å². The monoisotopic (exact) mass is 265 g/mol. The van der Waals surface area contributed by atoms with Gasteiger partial charge in [-0.15, -0.1) is 0 Å². The number of imidazole rings is 1. The number of aromatic nitrogens is 2. The first-order valence-corrected chi connectivity index (χ1v) is 7.17. The third kappa shape index (κ3) is 2.76. The van der Waals surface area contributed by atoms with Crippen LogP contribution in [-0.2, 0) is 19.4 Å². The Balaban J connectivity index is 1.76. The maximum absolute atomic E-state index is 5.38. The van der Waals surface area contributed by atoms with Crippen LogP contribution in [0.5, 0.6) is 0 Å². The fraction of sp³-hybridized carbons (Fsp3) is 0.353. The molecule has 0 spiro atoms. The van der Waals surface area contributed by atoms with Gasteiger partial charge in [-0.25, -0.2) is 4.98 Å². The summed E-state index contributed by atoms with van der Waals surface area (Å²) in [6.45, 7) is 1.30. The first kappa shape index (κ1) is 13.0. The quantitative estimate of drug-likeness (QED) is 0.845. The van der Waals surface area contributed by atoms with E-state index in [4.69, 9.17) is 5.73 Å². The van der Waals surface area contributed by atoms with Gasteiger partial charge in [-0.3, -0.25) is 0 Å². The molecule has 0 bridgehead atoms. The van der Waals surface area contributed by atoms with Crippen LogP contribution in [0.25, 0.3) is 0 Å². The van der Waals surface area contributed by atoms with Crippen molar-refractivity contribution in [2.45, 2.75) is 32.2 Å². The normalized spacial score (nSPS) is 13.4. The van der Waals surface area contributed by atoms with Gasteiger partial charge in [0.1, 0.15) is 0 Å². The molecular formula is C17H19N3. The van der Waals surface area contributed by atoms with Crippen LogP contribution in [0.2, 0.25) is 0 Å². The molecule has 1 aliphatic carbocycles. The maximum atomic E-state index is 5.38. The highest BCUT2D eigenvalue weighted by atomic mass is 15.1. The van der Waals surface area contributed by atoms with Crippen molar-refractivity contribution in [3.63, 3.8) is 0 Å². The Morgan fingerprint density at radius 2 is 1.95 bits per heavy atom. The molecule has 1 aromatic heterocycles. The minimum Gasteiger partial charge on any atom is -0.330 e. The molecule has 0 aliphatic heterocycles. The lowest BCUT2D eigenvalue weighted by Crippen LogP contribution is -2.08. The van der Waals surface area contributed by atoms with E-state index in [0.29, 0.717) is 6.54 Å². The summed E-state index contributed by atoms with van der Waals surface area (Å²) in [5.41, 5.74) is 10.4. The molecule has 3 rings (SSSR count). The smallest absolute Gasteiger partial charge is 0.0954 e. The molecule has 0 atom stereocenters. The number of nitrogens with zero attached hydrogens (tertiary/aromatic N) is 2. The second-order valence-corrected chi connectivity index (χ2v) is 5.18.